The van der Waals surface area contributed by atoms with Gasteiger partial charge in [-0.15, -0.1) is 0 Å². The third-order valence-corrected chi connectivity index (χ3v) is 4.17. The molecule has 7 nitrogen and oxygen atoms in total. The van der Waals surface area contributed by atoms with Crippen molar-refractivity contribution in [3.05, 3.63) is 29.2 Å². The Labute approximate surface area is 139 Å². The Hall–Kier alpha value is -2.06. The number of carbonyl (C=O) groups excluding carboxylic acids is 1. The summed E-state index contributed by atoms with van der Waals surface area (Å²) < 4.78 is 24.3. The van der Waals surface area contributed by atoms with Gasteiger partial charge in [-0.05, 0) is 32.9 Å². The standard InChI is InChI=1S/C16H20FN2O5/c1-15(2,3)24-14(20)18-9-16(18)7-11(8-16)23-13-6-10(17)4-5-12(13)19(21)22/h4-6,11,21H,7-9H2,1-3H3/q-1. The first-order valence-electron chi connectivity index (χ1n) is 7.73. The highest BCUT2D eigenvalue weighted by Crippen LogP contribution is 2.51. The number of benzene rings is 1. The number of rotatable bonds is 3. The van der Waals surface area contributed by atoms with Gasteiger partial charge in [-0.25, -0.2) is 9.18 Å². The first-order chi connectivity index (χ1) is 11.1. The monoisotopic (exact) mass is 339 g/mol. The summed E-state index contributed by atoms with van der Waals surface area (Å²) in [4.78, 5) is 13.7. The molecule has 1 aromatic rings. The maximum Gasteiger partial charge on any atom is 0.410 e. The second kappa shape index (κ2) is 5.49. The van der Waals surface area contributed by atoms with Crippen LogP contribution in [0.4, 0.5) is 14.9 Å². The average molecular weight is 339 g/mol. The van der Waals surface area contributed by atoms with Gasteiger partial charge in [-0.1, -0.05) is 0 Å². The van der Waals surface area contributed by atoms with E-state index in [0.717, 1.165) is 18.2 Å². The van der Waals surface area contributed by atoms with Gasteiger partial charge in [0.05, 0.1) is 11.2 Å². The number of hydrogen-bond donors (Lipinski definition) is 1. The van der Waals surface area contributed by atoms with E-state index in [-0.39, 0.29) is 34.4 Å². The lowest BCUT2D eigenvalue weighted by atomic mass is 9.81. The maximum absolute atomic E-state index is 13.3. The molecule has 0 bridgehead atoms. The average Bonchev–Trinajstić information content (AvgIpc) is 3.11. The van der Waals surface area contributed by atoms with Crippen molar-refractivity contribution in [2.45, 2.75) is 50.9 Å². The molecular weight excluding hydrogens is 319 g/mol. The van der Waals surface area contributed by atoms with Crippen LogP contribution in [0.3, 0.4) is 0 Å². The molecule has 1 spiro atoms. The van der Waals surface area contributed by atoms with Gasteiger partial charge < -0.3 is 19.9 Å². The van der Waals surface area contributed by atoms with E-state index in [1.807, 2.05) is 20.8 Å². The van der Waals surface area contributed by atoms with Crippen molar-refractivity contribution in [2.75, 3.05) is 11.8 Å². The van der Waals surface area contributed by atoms with Crippen LogP contribution < -0.4 is 9.96 Å². The van der Waals surface area contributed by atoms with Gasteiger partial charge in [0.1, 0.15) is 23.3 Å². The number of anilines is 1. The van der Waals surface area contributed by atoms with Crippen LogP contribution in [-0.4, -0.2) is 40.0 Å². The predicted molar refractivity (Wildman–Crippen MR) is 83.4 cm³/mol. The van der Waals surface area contributed by atoms with Crippen molar-refractivity contribution in [1.82, 2.24) is 4.90 Å². The van der Waals surface area contributed by atoms with Crippen LogP contribution in [0.25, 0.3) is 0 Å². The molecule has 2 aliphatic rings. The molecule has 1 heterocycles. The smallest absolute Gasteiger partial charge is 0.410 e. The van der Waals surface area contributed by atoms with Crippen LogP contribution in [0.1, 0.15) is 33.6 Å². The van der Waals surface area contributed by atoms with E-state index in [1.54, 1.807) is 4.90 Å². The molecule has 3 rings (SSSR count). The summed E-state index contributed by atoms with van der Waals surface area (Å²) in [5.74, 6) is -0.580. The zero-order chi connectivity index (χ0) is 17.7. The summed E-state index contributed by atoms with van der Waals surface area (Å²) >= 11 is 0. The molecule has 24 heavy (non-hydrogen) atoms. The van der Waals surface area contributed by atoms with E-state index < -0.39 is 11.4 Å². The second-order valence-corrected chi connectivity index (χ2v) is 7.32. The highest BCUT2D eigenvalue weighted by molar-refractivity contribution is 5.73. The minimum absolute atomic E-state index is 0.0168. The van der Waals surface area contributed by atoms with Gasteiger partial charge in [-0.2, -0.15) is 0 Å². The fourth-order valence-corrected chi connectivity index (χ4v) is 2.97. The molecule has 2 fully saturated rings. The topological polar surface area (TPSA) is 85.1 Å². The Morgan fingerprint density at radius 1 is 1.46 bits per heavy atom. The molecule has 0 aromatic heterocycles. The number of nitrogens with zero attached hydrogens (tertiary/aromatic N) is 2. The van der Waals surface area contributed by atoms with Crippen molar-refractivity contribution >= 4 is 11.8 Å². The molecule has 1 saturated carbocycles. The van der Waals surface area contributed by atoms with Crippen molar-refractivity contribution < 1.29 is 23.9 Å². The zero-order valence-electron chi connectivity index (χ0n) is 13.8. The summed E-state index contributed by atoms with van der Waals surface area (Å²) in [6, 6.07) is 3.27. The van der Waals surface area contributed by atoms with Crippen molar-refractivity contribution in [3.63, 3.8) is 0 Å². The van der Waals surface area contributed by atoms with Crippen LogP contribution >= 0.6 is 0 Å². The fraction of sp³-hybridized carbons (Fsp3) is 0.562. The SMILES string of the molecule is CC(C)(C)OC(=O)N1CC12CC(Oc1cc(F)ccc1N([O-])O)C2. The quantitative estimate of drug-likeness (QED) is 0.673. The van der Waals surface area contributed by atoms with Crippen molar-refractivity contribution in [2.24, 2.45) is 0 Å². The van der Waals surface area contributed by atoms with Gasteiger partial charge >= 0.3 is 6.09 Å². The molecule has 1 N–H and O–H groups in total. The van der Waals surface area contributed by atoms with E-state index in [1.165, 1.54) is 0 Å². The summed E-state index contributed by atoms with van der Waals surface area (Å²) in [5.41, 5.74) is -0.954. The zero-order valence-corrected chi connectivity index (χ0v) is 13.8. The van der Waals surface area contributed by atoms with Crippen LogP contribution in [0.15, 0.2) is 18.2 Å². The number of amides is 1. The van der Waals surface area contributed by atoms with Crippen molar-refractivity contribution in [1.29, 1.82) is 0 Å². The molecule has 0 radical (unpaired) electrons. The van der Waals surface area contributed by atoms with Crippen LogP contribution in [0.2, 0.25) is 0 Å². The molecule has 1 aromatic carbocycles. The number of halogens is 1. The summed E-state index contributed by atoms with van der Waals surface area (Å²) in [6.07, 6.45) is 0.547. The molecular formula is C16H20FN2O5-. The molecule has 1 aliphatic heterocycles. The first kappa shape index (κ1) is 16.8. The Bertz CT molecular complexity index is 652. The summed E-state index contributed by atoms with van der Waals surface area (Å²) in [5, 5.41) is 19.8. The molecule has 1 saturated heterocycles. The Balaban J connectivity index is 1.57. The molecule has 0 unspecified atom stereocenters. The molecule has 1 aliphatic carbocycles. The van der Waals surface area contributed by atoms with Gasteiger partial charge in [0, 0.05) is 25.5 Å². The second-order valence-electron chi connectivity index (χ2n) is 7.32. The first-order valence-corrected chi connectivity index (χ1v) is 7.73. The van der Waals surface area contributed by atoms with Crippen molar-refractivity contribution in [3.8, 4) is 5.75 Å². The maximum atomic E-state index is 13.3. The number of ether oxygens (including phenoxy) is 2. The molecule has 8 heteroatoms. The highest BCUT2D eigenvalue weighted by Gasteiger charge is 2.64. The van der Waals surface area contributed by atoms with E-state index in [0.29, 0.717) is 19.4 Å². The lowest BCUT2D eigenvalue weighted by Crippen LogP contribution is -2.45. The van der Waals surface area contributed by atoms with E-state index >= 15 is 0 Å². The van der Waals surface area contributed by atoms with E-state index in [2.05, 4.69) is 0 Å². The third kappa shape index (κ3) is 3.25. The Kier molecular flexibility index (Phi) is 3.84. The predicted octanol–water partition coefficient (Wildman–Crippen LogP) is 3.05. The van der Waals surface area contributed by atoms with Crippen LogP contribution in [0.5, 0.6) is 5.75 Å². The third-order valence-electron chi connectivity index (χ3n) is 4.17. The molecule has 1 amide bonds. The number of carbonyl (C=O) groups is 1. The highest BCUT2D eigenvalue weighted by atomic mass is 19.1. The van der Waals surface area contributed by atoms with Gasteiger partial charge in [0.2, 0.25) is 0 Å². The van der Waals surface area contributed by atoms with Gasteiger partial charge in [0.25, 0.3) is 0 Å². The minimum Gasteiger partial charge on any atom is -0.733 e. The summed E-state index contributed by atoms with van der Waals surface area (Å²) in [6.45, 7) is 6.03. The largest absolute Gasteiger partial charge is 0.733 e. The molecule has 0 atom stereocenters. The minimum atomic E-state index is -0.563. The van der Waals surface area contributed by atoms with E-state index in [4.69, 9.17) is 14.7 Å². The Morgan fingerprint density at radius 3 is 2.71 bits per heavy atom. The fourth-order valence-electron chi connectivity index (χ4n) is 2.97. The summed E-state index contributed by atoms with van der Waals surface area (Å²) in [7, 11) is 0. The lowest BCUT2D eigenvalue weighted by Gasteiger charge is -2.37. The normalized spacial score (nSPS) is 25.2. The van der Waals surface area contributed by atoms with E-state index in [9.17, 15) is 14.4 Å². The van der Waals surface area contributed by atoms with Gasteiger partial charge in [0.15, 0.2) is 0 Å². The molecule has 132 valence electrons. The lowest BCUT2D eigenvalue weighted by molar-refractivity contribution is 0.0207. The van der Waals surface area contributed by atoms with Gasteiger partial charge in [-0.3, -0.25) is 10.1 Å². The van der Waals surface area contributed by atoms with Crippen LogP contribution in [-0.2, 0) is 4.74 Å². The van der Waals surface area contributed by atoms with Crippen LogP contribution in [0, 0.1) is 11.0 Å². The Morgan fingerprint density at radius 2 is 2.12 bits per heavy atom. The number of hydrogen-bond acceptors (Lipinski definition) is 6.